The lowest BCUT2D eigenvalue weighted by Gasteiger charge is -2.30. The molecule has 0 aliphatic carbocycles. The Kier molecular flexibility index (Phi) is 4.68. The first-order valence-electron chi connectivity index (χ1n) is 6.43. The van der Waals surface area contributed by atoms with Crippen molar-refractivity contribution in [1.29, 1.82) is 0 Å². The van der Waals surface area contributed by atoms with E-state index >= 15 is 0 Å². The van der Waals surface area contributed by atoms with Crippen LogP contribution in [0.1, 0.15) is 19.8 Å². The van der Waals surface area contributed by atoms with Crippen LogP contribution >= 0.6 is 23.4 Å². The van der Waals surface area contributed by atoms with E-state index in [-0.39, 0.29) is 0 Å². The van der Waals surface area contributed by atoms with Crippen LogP contribution in [0.4, 0.5) is 11.4 Å². The molecule has 2 nitrogen and oxygen atoms in total. The normalized spacial score (nSPS) is 23.8. The average molecular weight is 285 g/mol. The van der Waals surface area contributed by atoms with Gasteiger partial charge in [0.25, 0.3) is 0 Å². The van der Waals surface area contributed by atoms with Crippen molar-refractivity contribution in [3.63, 3.8) is 0 Å². The van der Waals surface area contributed by atoms with E-state index in [4.69, 9.17) is 11.6 Å². The van der Waals surface area contributed by atoms with Gasteiger partial charge in [0.05, 0.1) is 10.7 Å². The van der Waals surface area contributed by atoms with Crippen LogP contribution in [-0.4, -0.2) is 31.1 Å². The van der Waals surface area contributed by atoms with Gasteiger partial charge in [-0.25, -0.2) is 0 Å². The predicted octanol–water partition coefficient (Wildman–Crippen LogP) is 4.10. The summed E-state index contributed by atoms with van der Waals surface area (Å²) in [6.45, 7) is 2.30. The number of halogens is 1. The molecule has 0 bridgehead atoms. The summed E-state index contributed by atoms with van der Waals surface area (Å²) < 4.78 is 0. The highest BCUT2D eigenvalue weighted by molar-refractivity contribution is 8.00. The summed E-state index contributed by atoms with van der Waals surface area (Å²) in [5.74, 6) is 1.29. The maximum atomic E-state index is 6.29. The molecule has 1 heterocycles. The molecule has 2 unspecified atom stereocenters. The second-order valence-electron chi connectivity index (χ2n) is 5.03. The molecule has 18 heavy (non-hydrogen) atoms. The van der Waals surface area contributed by atoms with Crippen molar-refractivity contribution in [3.8, 4) is 0 Å². The summed E-state index contributed by atoms with van der Waals surface area (Å²) in [5, 5.41) is 5.09. The van der Waals surface area contributed by atoms with Crippen molar-refractivity contribution in [2.24, 2.45) is 0 Å². The third-order valence-corrected chi connectivity index (χ3v) is 5.07. The highest BCUT2D eigenvalue weighted by Gasteiger charge is 2.21. The van der Waals surface area contributed by atoms with Gasteiger partial charge in [0.1, 0.15) is 0 Å². The minimum Gasteiger partial charge on any atom is -0.381 e. The average Bonchev–Trinajstić information content (AvgIpc) is 2.32. The molecule has 0 aromatic heterocycles. The van der Waals surface area contributed by atoms with E-state index in [1.165, 1.54) is 18.6 Å². The Balaban J connectivity index is 2.07. The number of nitrogens with zero attached hydrogens (tertiary/aromatic N) is 1. The number of rotatable bonds is 3. The van der Waals surface area contributed by atoms with Crippen molar-refractivity contribution in [2.75, 3.05) is 30.1 Å². The third kappa shape index (κ3) is 3.27. The Labute approximate surface area is 119 Å². The van der Waals surface area contributed by atoms with Crippen molar-refractivity contribution >= 4 is 34.7 Å². The van der Waals surface area contributed by atoms with E-state index in [1.54, 1.807) is 0 Å². The first-order chi connectivity index (χ1) is 8.58. The molecule has 0 amide bonds. The molecule has 1 aliphatic rings. The first-order valence-corrected chi connectivity index (χ1v) is 7.85. The molecule has 1 fully saturated rings. The molecule has 1 aliphatic heterocycles. The van der Waals surface area contributed by atoms with E-state index in [1.807, 2.05) is 25.1 Å². The number of benzene rings is 1. The monoisotopic (exact) mass is 284 g/mol. The molecule has 2 atom stereocenters. The van der Waals surface area contributed by atoms with Crippen LogP contribution in [0.25, 0.3) is 0 Å². The molecule has 1 N–H and O–H groups in total. The van der Waals surface area contributed by atoms with E-state index in [2.05, 4.69) is 36.1 Å². The van der Waals surface area contributed by atoms with Crippen LogP contribution in [-0.2, 0) is 0 Å². The van der Waals surface area contributed by atoms with Crippen LogP contribution in [0, 0.1) is 0 Å². The number of hydrogen-bond donors (Lipinski definition) is 1. The van der Waals surface area contributed by atoms with Gasteiger partial charge in [-0.2, -0.15) is 11.8 Å². The fourth-order valence-corrected chi connectivity index (χ4v) is 3.78. The summed E-state index contributed by atoms with van der Waals surface area (Å²) in [5.41, 5.74) is 2.19. The maximum Gasteiger partial charge on any atom is 0.0659 e. The van der Waals surface area contributed by atoms with Gasteiger partial charge < -0.3 is 10.2 Å². The predicted molar refractivity (Wildman–Crippen MR) is 84.3 cm³/mol. The molecule has 0 radical (unpaired) electrons. The van der Waals surface area contributed by atoms with Crippen LogP contribution in [0.3, 0.4) is 0 Å². The Morgan fingerprint density at radius 3 is 2.78 bits per heavy atom. The van der Waals surface area contributed by atoms with Gasteiger partial charge in [0.2, 0.25) is 0 Å². The van der Waals surface area contributed by atoms with Gasteiger partial charge in [0.15, 0.2) is 0 Å². The van der Waals surface area contributed by atoms with Crippen LogP contribution in [0.5, 0.6) is 0 Å². The van der Waals surface area contributed by atoms with Crippen LogP contribution in [0.2, 0.25) is 5.02 Å². The van der Waals surface area contributed by atoms with Gasteiger partial charge >= 0.3 is 0 Å². The molecule has 1 saturated heterocycles. The van der Waals surface area contributed by atoms with Gasteiger partial charge in [-0.05, 0) is 36.8 Å². The quantitative estimate of drug-likeness (QED) is 0.899. The minimum absolute atomic E-state index is 0.560. The summed E-state index contributed by atoms with van der Waals surface area (Å²) in [6.07, 6.45) is 2.55. The molecule has 1 aromatic carbocycles. The van der Waals surface area contributed by atoms with Gasteiger partial charge in [-0.15, -0.1) is 0 Å². The largest absolute Gasteiger partial charge is 0.381 e. The zero-order chi connectivity index (χ0) is 13.1. The highest BCUT2D eigenvalue weighted by Crippen LogP contribution is 2.31. The number of hydrogen-bond acceptors (Lipinski definition) is 3. The standard InChI is InChI=1S/C14H21ClN2S/c1-10-13(5-4-8-18-10)16-11-6-7-14(17(2)3)12(15)9-11/h6-7,9-10,13,16H,4-5,8H2,1-3H3. The van der Waals surface area contributed by atoms with Gasteiger partial charge in [-0.3, -0.25) is 0 Å². The smallest absolute Gasteiger partial charge is 0.0659 e. The Hall–Kier alpha value is -0.540. The molecule has 2 rings (SSSR count). The molecule has 4 heteroatoms. The molecule has 0 saturated carbocycles. The molecule has 100 valence electrons. The zero-order valence-electron chi connectivity index (χ0n) is 11.2. The Bertz CT molecular complexity index is 409. The number of thioether (sulfide) groups is 1. The lowest BCUT2D eigenvalue weighted by atomic mass is 10.1. The van der Waals surface area contributed by atoms with Gasteiger partial charge in [0, 0.05) is 31.1 Å². The van der Waals surface area contributed by atoms with E-state index in [0.29, 0.717) is 11.3 Å². The second-order valence-corrected chi connectivity index (χ2v) is 6.92. The van der Waals surface area contributed by atoms with E-state index < -0.39 is 0 Å². The van der Waals surface area contributed by atoms with E-state index in [0.717, 1.165) is 16.4 Å². The Morgan fingerprint density at radius 1 is 1.39 bits per heavy atom. The molecule has 1 aromatic rings. The third-order valence-electron chi connectivity index (χ3n) is 3.39. The van der Waals surface area contributed by atoms with Gasteiger partial charge in [-0.1, -0.05) is 18.5 Å². The fraction of sp³-hybridized carbons (Fsp3) is 0.571. The van der Waals surface area contributed by atoms with Crippen molar-refractivity contribution in [3.05, 3.63) is 23.2 Å². The summed E-state index contributed by atoms with van der Waals surface area (Å²) >= 11 is 8.35. The van der Waals surface area contributed by atoms with Crippen molar-refractivity contribution in [2.45, 2.75) is 31.1 Å². The lowest BCUT2D eigenvalue weighted by molar-refractivity contribution is 0.617. The first kappa shape index (κ1) is 13.9. The highest BCUT2D eigenvalue weighted by atomic mass is 35.5. The fourth-order valence-electron chi connectivity index (χ4n) is 2.29. The number of anilines is 2. The SMILES string of the molecule is CC1SCCCC1Nc1ccc(N(C)C)c(Cl)c1. The van der Waals surface area contributed by atoms with Crippen LogP contribution in [0.15, 0.2) is 18.2 Å². The summed E-state index contributed by atoms with van der Waals surface area (Å²) in [7, 11) is 4.02. The summed E-state index contributed by atoms with van der Waals surface area (Å²) in [6, 6.07) is 6.78. The second kappa shape index (κ2) is 6.07. The van der Waals surface area contributed by atoms with Crippen molar-refractivity contribution < 1.29 is 0 Å². The Morgan fingerprint density at radius 2 is 2.17 bits per heavy atom. The number of nitrogens with one attached hydrogen (secondary N) is 1. The van der Waals surface area contributed by atoms with Crippen molar-refractivity contribution in [1.82, 2.24) is 0 Å². The maximum absolute atomic E-state index is 6.29. The zero-order valence-corrected chi connectivity index (χ0v) is 12.8. The molecule has 0 spiro atoms. The minimum atomic E-state index is 0.560. The molecular formula is C14H21ClN2S. The summed E-state index contributed by atoms with van der Waals surface area (Å²) in [4.78, 5) is 2.03. The topological polar surface area (TPSA) is 15.3 Å². The van der Waals surface area contributed by atoms with E-state index in [9.17, 15) is 0 Å². The van der Waals surface area contributed by atoms with Crippen LogP contribution < -0.4 is 10.2 Å². The lowest BCUT2D eigenvalue weighted by Crippen LogP contribution is -2.32. The molecular weight excluding hydrogens is 264 g/mol.